The maximum atomic E-state index is 13.7. The number of thiophene rings is 1. The second-order valence-corrected chi connectivity index (χ2v) is 11.0. The van der Waals surface area contributed by atoms with Crippen molar-refractivity contribution in [3.8, 4) is 5.75 Å². The number of carbonyl (C=O) groups excluding carboxylic acids is 2. The van der Waals surface area contributed by atoms with Gasteiger partial charge in [-0.15, -0.1) is 11.3 Å². The summed E-state index contributed by atoms with van der Waals surface area (Å²) in [5.74, 6) is 1.01. The van der Waals surface area contributed by atoms with Crippen LogP contribution in [-0.4, -0.2) is 48.0 Å². The van der Waals surface area contributed by atoms with Crippen molar-refractivity contribution in [2.45, 2.75) is 46.6 Å². The number of amides is 3. The highest BCUT2D eigenvalue weighted by atomic mass is 32.1. The topological polar surface area (TPSA) is 61.9 Å². The highest BCUT2D eigenvalue weighted by molar-refractivity contribution is 7.10. The molecule has 1 N–H and O–H groups in total. The van der Waals surface area contributed by atoms with Crippen molar-refractivity contribution in [3.05, 3.63) is 81.5 Å². The van der Waals surface area contributed by atoms with Gasteiger partial charge < -0.3 is 19.9 Å². The van der Waals surface area contributed by atoms with Gasteiger partial charge in [0.25, 0.3) is 0 Å². The largest absolute Gasteiger partial charge is 0.491 e. The van der Waals surface area contributed by atoms with E-state index in [0.29, 0.717) is 19.7 Å². The molecule has 6 nitrogen and oxygen atoms in total. The van der Waals surface area contributed by atoms with Gasteiger partial charge in [-0.3, -0.25) is 4.79 Å². The molecule has 4 rings (SSSR count). The van der Waals surface area contributed by atoms with Crippen molar-refractivity contribution >= 4 is 29.0 Å². The second kappa shape index (κ2) is 12.3. The van der Waals surface area contributed by atoms with Crippen LogP contribution in [0.2, 0.25) is 0 Å². The van der Waals surface area contributed by atoms with E-state index in [1.807, 2.05) is 67.3 Å². The van der Waals surface area contributed by atoms with E-state index in [2.05, 4.69) is 30.6 Å². The number of ether oxygens (including phenoxy) is 1. The third-order valence-electron chi connectivity index (χ3n) is 6.99. The summed E-state index contributed by atoms with van der Waals surface area (Å²) in [5.41, 5.74) is 4.17. The molecule has 0 spiro atoms. The second-order valence-electron chi connectivity index (χ2n) is 9.97. The first-order chi connectivity index (χ1) is 17.8. The molecule has 0 bridgehead atoms. The van der Waals surface area contributed by atoms with Crippen molar-refractivity contribution in [1.29, 1.82) is 0 Å². The van der Waals surface area contributed by atoms with E-state index in [1.54, 1.807) is 16.2 Å². The zero-order chi connectivity index (χ0) is 26.4. The van der Waals surface area contributed by atoms with Gasteiger partial charge in [0.1, 0.15) is 18.9 Å². The first kappa shape index (κ1) is 26.7. The number of urea groups is 1. The molecule has 0 radical (unpaired) electrons. The van der Waals surface area contributed by atoms with Crippen molar-refractivity contribution in [3.63, 3.8) is 0 Å². The highest BCUT2D eigenvalue weighted by Gasteiger charge is 2.33. The third-order valence-corrected chi connectivity index (χ3v) is 7.99. The van der Waals surface area contributed by atoms with Crippen LogP contribution in [0.4, 0.5) is 10.5 Å². The molecular formula is C30H37N3O3S. The smallest absolute Gasteiger partial charge is 0.322 e. The van der Waals surface area contributed by atoms with Crippen molar-refractivity contribution in [1.82, 2.24) is 9.80 Å². The molecule has 0 saturated heterocycles. The molecule has 0 saturated carbocycles. The lowest BCUT2D eigenvalue weighted by Crippen LogP contribution is -2.49. The molecule has 0 fully saturated rings. The lowest BCUT2D eigenvalue weighted by atomic mass is 10.00. The Hall–Kier alpha value is -3.32. The minimum Gasteiger partial charge on any atom is -0.491 e. The van der Waals surface area contributed by atoms with Gasteiger partial charge in [-0.2, -0.15) is 0 Å². The molecule has 37 heavy (non-hydrogen) atoms. The number of nitrogens with one attached hydrogen (secondary N) is 1. The quantitative estimate of drug-likeness (QED) is 0.353. The van der Waals surface area contributed by atoms with Crippen LogP contribution in [0.5, 0.6) is 5.75 Å². The Kier molecular flexibility index (Phi) is 8.87. The van der Waals surface area contributed by atoms with Gasteiger partial charge in [0, 0.05) is 23.7 Å². The average molecular weight is 520 g/mol. The van der Waals surface area contributed by atoms with Gasteiger partial charge in [-0.25, -0.2) is 4.79 Å². The zero-order valence-electron chi connectivity index (χ0n) is 22.2. The Morgan fingerprint density at radius 1 is 1.08 bits per heavy atom. The van der Waals surface area contributed by atoms with E-state index in [0.717, 1.165) is 35.4 Å². The van der Waals surface area contributed by atoms with Crippen LogP contribution in [0.15, 0.2) is 60.0 Å². The maximum Gasteiger partial charge on any atom is 0.322 e. The molecule has 1 aromatic heterocycles. The summed E-state index contributed by atoms with van der Waals surface area (Å²) < 4.78 is 6.15. The normalized spacial score (nSPS) is 15.6. The Bertz CT molecular complexity index is 1190. The Morgan fingerprint density at radius 2 is 1.76 bits per heavy atom. The number of hydrogen-bond donors (Lipinski definition) is 1. The highest BCUT2D eigenvalue weighted by Crippen LogP contribution is 2.34. The fraction of sp³-hybridized carbons (Fsp3) is 0.400. The van der Waals surface area contributed by atoms with Gasteiger partial charge in [-0.05, 0) is 67.5 Å². The molecule has 1 aliphatic rings. The summed E-state index contributed by atoms with van der Waals surface area (Å²) in [7, 11) is 0. The number of benzene rings is 2. The third kappa shape index (κ3) is 6.92. The Morgan fingerprint density at radius 3 is 2.43 bits per heavy atom. The molecule has 7 heteroatoms. The standard InChI is InChI=1S/C30H37N3O3S/c1-5-21(2)18-32(30(35)31-24-10-6-22(3)7-11-24)19-29(34)33-16-14-28-26(15-17-37-28)27(33)20-36-25-12-8-23(4)9-13-25/h6-13,15,17,21,27H,5,14,16,18-20H2,1-4H3,(H,31,35)/t21-,27+/m1/s1. The monoisotopic (exact) mass is 519 g/mol. The van der Waals surface area contributed by atoms with Gasteiger partial charge >= 0.3 is 6.03 Å². The van der Waals surface area contributed by atoms with Gasteiger partial charge in [0.15, 0.2) is 0 Å². The van der Waals surface area contributed by atoms with Crippen LogP contribution < -0.4 is 10.1 Å². The fourth-order valence-electron chi connectivity index (χ4n) is 4.50. The predicted molar refractivity (Wildman–Crippen MR) is 150 cm³/mol. The number of rotatable bonds is 9. The summed E-state index contributed by atoms with van der Waals surface area (Å²) in [5, 5.41) is 5.06. The molecule has 2 atom stereocenters. The Balaban J connectivity index is 1.50. The van der Waals surface area contributed by atoms with Crippen LogP contribution >= 0.6 is 11.3 Å². The van der Waals surface area contributed by atoms with Crippen molar-refractivity contribution in [2.24, 2.45) is 5.92 Å². The maximum absolute atomic E-state index is 13.7. The summed E-state index contributed by atoms with van der Waals surface area (Å²) in [6, 6.07) is 17.3. The molecule has 196 valence electrons. The van der Waals surface area contributed by atoms with Crippen LogP contribution in [0.25, 0.3) is 0 Å². The first-order valence-electron chi connectivity index (χ1n) is 13.0. The van der Waals surface area contributed by atoms with Crippen LogP contribution in [-0.2, 0) is 11.2 Å². The summed E-state index contributed by atoms with van der Waals surface area (Å²) in [6.45, 7) is 9.80. The number of anilines is 1. The van der Waals surface area contributed by atoms with E-state index in [1.165, 1.54) is 10.4 Å². The van der Waals surface area contributed by atoms with E-state index >= 15 is 0 Å². The van der Waals surface area contributed by atoms with Crippen LogP contribution in [0.3, 0.4) is 0 Å². The molecule has 3 aromatic rings. The number of nitrogens with zero attached hydrogens (tertiary/aromatic N) is 2. The number of fused-ring (bicyclic) bond motifs is 1. The summed E-state index contributed by atoms with van der Waals surface area (Å²) >= 11 is 1.73. The SMILES string of the molecule is CC[C@@H](C)CN(CC(=O)N1CCc2sccc2[C@@H]1COc1ccc(C)cc1)C(=O)Nc1ccc(C)cc1. The van der Waals surface area contributed by atoms with Crippen molar-refractivity contribution in [2.75, 3.05) is 31.6 Å². The minimum atomic E-state index is -0.252. The van der Waals surface area contributed by atoms with Gasteiger partial charge in [0.05, 0.1) is 6.04 Å². The lowest BCUT2D eigenvalue weighted by Gasteiger charge is -2.37. The first-order valence-corrected chi connectivity index (χ1v) is 13.9. The van der Waals surface area contributed by atoms with E-state index in [9.17, 15) is 9.59 Å². The molecular weight excluding hydrogens is 482 g/mol. The Labute approximate surface area is 224 Å². The zero-order valence-corrected chi connectivity index (χ0v) is 23.0. The molecule has 0 aliphatic carbocycles. The van der Waals surface area contributed by atoms with E-state index in [-0.39, 0.29) is 30.4 Å². The van der Waals surface area contributed by atoms with Gasteiger partial charge in [0.2, 0.25) is 5.91 Å². The van der Waals surface area contributed by atoms with Crippen molar-refractivity contribution < 1.29 is 14.3 Å². The number of carbonyl (C=O) groups is 2. The molecule has 2 aromatic carbocycles. The molecule has 0 unspecified atom stereocenters. The minimum absolute atomic E-state index is 0.0303. The van der Waals surface area contributed by atoms with E-state index in [4.69, 9.17) is 4.74 Å². The predicted octanol–water partition coefficient (Wildman–Crippen LogP) is 6.45. The number of hydrogen-bond acceptors (Lipinski definition) is 4. The molecule has 2 heterocycles. The summed E-state index contributed by atoms with van der Waals surface area (Å²) in [6.07, 6.45) is 1.75. The molecule has 3 amide bonds. The van der Waals surface area contributed by atoms with E-state index < -0.39 is 0 Å². The average Bonchev–Trinajstić information content (AvgIpc) is 3.38. The van der Waals surface area contributed by atoms with Crippen LogP contribution in [0.1, 0.15) is 47.9 Å². The lowest BCUT2D eigenvalue weighted by molar-refractivity contribution is -0.135. The number of aryl methyl sites for hydroxylation is 2. The molecule has 1 aliphatic heterocycles. The fourth-order valence-corrected chi connectivity index (χ4v) is 5.43. The summed E-state index contributed by atoms with van der Waals surface area (Å²) in [4.78, 5) is 31.8. The van der Waals surface area contributed by atoms with Crippen LogP contribution in [0, 0.1) is 19.8 Å². The van der Waals surface area contributed by atoms with Gasteiger partial charge in [-0.1, -0.05) is 55.7 Å².